The Hall–Kier alpha value is -3.94. The standard InChI is InChI=1S/C24H22FN3O4/c25-18-8-6-17(7-9-18)24(31)28-12-10-16(11-13-28)22(29)26-19-3-1-4-20(15-19)27-23(30)21-5-2-14-32-21/h1-9,14-16H,10-13H2,(H,26,29)(H,27,30). The molecule has 0 bridgehead atoms. The molecule has 3 amide bonds. The lowest BCUT2D eigenvalue weighted by Gasteiger charge is -2.31. The number of carbonyl (C=O) groups is 3. The SMILES string of the molecule is O=C(Nc1cccc(NC(=O)C2CCN(C(=O)c3ccc(F)cc3)CC2)c1)c1ccco1. The number of hydrogen-bond donors (Lipinski definition) is 2. The molecule has 0 unspecified atom stereocenters. The molecule has 4 rings (SSSR count). The van der Waals surface area contributed by atoms with Gasteiger partial charge in [-0.15, -0.1) is 0 Å². The number of hydrogen-bond acceptors (Lipinski definition) is 4. The number of halogens is 1. The smallest absolute Gasteiger partial charge is 0.291 e. The van der Waals surface area contributed by atoms with Crippen LogP contribution in [0.1, 0.15) is 33.8 Å². The molecular weight excluding hydrogens is 413 g/mol. The fraction of sp³-hybridized carbons (Fsp3) is 0.208. The summed E-state index contributed by atoms with van der Waals surface area (Å²) in [5.74, 6) is -1.09. The predicted octanol–water partition coefficient (Wildman–Crippen LogP) is 4.16. The average Bonchev–Trinajstić information content (AvgIpc) is 3.35. The molecule has 32 heavy (non-hydrogen) atoms. The first-order chi connectivity index (χ1) is 15.5. The first-order valence-electron chi connectivity index (χ1n) is 10.3. The molecule has 3 aromatic rings. The van der Waals surface area contributed by atoms with E-state index in [0.29, 0.717) is 42.9 Å². The molecule has 0 spiro atoms. The first-order valence-corrected chi connectivity index (χ1v) is 10.3. The highest BCUT2D eigenvalue weighted by molar-refractivity contribution is 6.03. The molecule has 164 valence electrons. The second-order valence-corrected chi connectivity index (χ2v) is 7.57. The van der Waals surface area contributed by atoms with Gasteiger partial charge in [0.05, 0.1) is 6.26 Å². The van der Waals surface area contributed by atoms with Crippen molar-refractivity contribution in [3.63, 3.8) is 0 Å². The minimum absolute atomic E-state index is 0.131. The number of rotatable bonds is 5. The molecule has 1 aliphatic heterocycles. The van der Waals surface area contributed by atoms with E-state index in [2.05, 4.69) is 10.6 Å². The maximum atomic E-state index is 13.1. The van der Waals surface area contributed by atoms with Crippen molar-refractivity contribution in [3.05, 3.63) is 84.1 Å². The highest BCUT2D eigenvalue weighted by Gasteiger charge is 2.28. The summed E-state index contributed by atoms with van der Waals surface area (Å²) in [6.45, 7) is 0.904. The van der Waals surface area contributed by atoms with E-state index in [0.717, 1.165) is 0 Å². The lowest BCUT2D eigenvalue weighted by atomic mass is 9.95. The lowest BCUT2D eigenvalue weighted by molar-refractivity contribution is -0.121. The second-order valence-electron chi connectivity index (χ2n) is 7.57. The molecule has 1 fully saturated rings. The normalized spacial score (nSPS) is 14.1. The minimum Gasteiger partial charge on any atom is -0.459 e. The molecule has 0 aliphatic carbocycles. The van der Waals surface area contributed by atoms with Gasteiger partial charge in [-0.3, -0.25) is 14.4 Å². The van der Waals surface area contributed by atoms with E-state index >= 15 is 0 Å². The van der Waals surface area contributed by atoms with Crippen molar-refractivity contribution in [3.8, 4) is 0 Å². The van der Waals surface area contributed by atoms with Gasteiger partial charge >= 0.3 is 0 Å². The summed E-state index contributed by atoms with van der Waals surface area (Å²) in [5, 5.41) is 5.61. The number of furan rings is 1. The summed E-state index contributed by atoms with van der Waals surface area (Å²) in [4.78, 5) is 39.1. The van der Waals surface area contributed by atoms with E-state index in [-0.39, 0.29) is 35.2 Å². The van der Waals surface area contributed by atoms with Gasteiger partial charge in [-0.1, -0.05) is 6.07 Å². The third kappa shape index (κ3) is 5.03. The van der Waals surface area contributed by atoms with E-state index in [1.165, 1.54) is 30.5 Å². The van der Waals surface area contributed by atoms with Crippen LogP contribution in [0.4, 0.5) is 15.8 Å². The monoisotopic (exact) mass is 435 g/mol. The number of benzene rings is 2. The number of anilines is 2. The number of piperidine rings is 1. The lowest BCUT2D eigenvalue weighted by Crippen LogP contribution is -2.41. The van der Waals surface area contributed by atoms with Crippen LogP contribution in [-0.4, -0.2) is 35.7 Å². The van der Waals surface area contributed by atoms with Gasteiger partial charge in [0.25, 0.3) is 11.8 Å². The van der Waals surface area contributed by atoms with Crippen LogP contribution in [0.2, 0.25) is 0 Å². The Morgan fingerprint density at radius 2 is 1.59 bits per heavy atom. The van der Waals surface area contributed by atoms with Crippen LogP contribution >= 0.6 is 0 Å². The molecule has 1 aromatic heterocycles. The molecule has 1 aliphatic rings. The summed E-state index contributed by atoms with van der Waals surface area (Å²) < 4.78 is 18.1. The number of nitrogens with one attached hydrogen (secondary N) is 2. The third-order valence-electron chi connectivity index (χ3n) is 5.38. The Morgan fingerprint density at radius 1 is 0.906 bits per heavy atom. The Balaban J connectivity index is 1.31. The van der Waals surface area contributed by atoms with Gasteiger partial charge in [-0.05, 0) is 67.4 Å². The summed E-state index contributed by atoms with van der Waals surface area (Å²) >= 11 is 0. The topological polar surface area (TPSA) is 91.7 Å². The highest BCUT2D eigenvalue weighted by atomic mass is 19.1. The molecule has 0 atom stereocenters. The van der Waals surface area contributed by atoms with Gasteiger partial charge in [0.2, 0.25) is 5.91 Å². The third-order valence-corrected chi connectivity index (χ3v) is 5.38. The quantitative estimate of drug-likeness (QED) is 0.630. The zero-order valence-electron chi connectivity index (χ0n) is 17.2. The Kier molecular flexibility index (Phi) is 6.30. The maximum absolute atomic E-state index is 13.1. The molecule has 2 aromatic carbocycles. The molecule has 7 nitrogen and oxygen atoms in total. The zero-order chi connectivity index (χ0) is 22.5. The van der Waals surface area contributed by atoms with Crippen molar-refractivity contribution < 1.29 is 23.2 Å². The van der Waals surface area contributed by atoms with E-state index in [1.54, 1.807) is 41.3 Å². The van der Waals surface area contributed by atoms with Crippen LogP contribution in [0.15, 0.2) is 71.3 Å². The molecule has 8 heteroatoms. The highest BCUT2D eigenvalue weighted by Crippen LogP contribution is 2.22. The van der Waals surface area contributed by atoms with Crippen LogP contribution in [0.5, 0.6) is 0 Å². The van der Waals surface area contributed by atoms with Crippen LogP contribution in [-0.2, 0) is 4.79 Å². The van der Waals surface area contributed by atoms with Crippen LogP contribution < -0.4 is 10.6 Å². The van der Waals surface area contributed by atoms with Gasteiger partial charge in [0.1, 0.15) is 5.82 Å². The summed E-state index contributed by atoms with van der Waals surface area (Å²) in [7, 11) is 0. The van der Waals surface area contributed by atoms with Crippen molar-refractivity contribution >= 4 is 29.1 Å². The van der Waals surface area contributed by atoms with Crippen molar-refractivity contribution in [1.29, 1.82) is 0 Å². The van der Waals surface area contributed by atoms with Crippen molar-refractivity contribution in [2.45, 2.75) is 12.8 Å². The van der Waals surface area contributed by atoms with Gasteiger partial charge in [0.15, 0.2) is 5.76 Å². The van der Waals surface area contributed by atoms with Crippen molar-refractivity contribution in [1.82, 2.24) is 4.90 Å². The van der Waals surface area contributed by atoms with Crippen LogP contribution in [0.25, 0.3) is 0 Å². The number of amides is 3. The average molecular weight is 435 g/mol. The molecule has 2 heterocycles. The fourth-order valence-electron chi connectivity index (χ4n) is 3.64. The second kappa shape index (κ2) is 9.47. The van der Waals surface area contributed by atoms with Gasteiger partial charge in [-0.25, -0.2) is 4.39 Å². The van der Waals surface area contributed by atoms with Gasteiger partial charge in [-0.2, -0.15) is 0 Å². The number of likely N-dealkylation sites (tertiary alicyclic amines) is 1. The van der Waals surface area contributed by atoms with Crippen LogP contribution in [0.3, 0.4) is 0 Å². The van der Waals surface area contributed by atoms with Crippen molar-refractivity contribution in [2.24, 2.45) is 5.92 Å². The number of carbonyl (C=O) groups excluding carboxylic acids is 3. The van der Waals surface area contributed by atoms with Gasteiger partial charge in [0, 0.05) is 35.9 Å². The molecular formula is C24H22FN3O4. The van der Waals surface area contributed by atoms with Gasteiger partial charge < -0.3 is 20.0 Å². The molecule has 2 N–H and O–H groups in total. The largest absolute Gasteiger partial charge is 0.459 e. The minimum atomic E-state index is -0.387. The summed E-state index contributed by atoms with van der Waals surface area (Å²) in [6, 6.07) is 15.5. The Bertz CT molecular complexity index is 1100. The van der Waals surface area contributed by atoms with Crippen LogP contribution in [0, 0.1) is 11.7 Å². The van der Waals surface area contributed by atoms with Crippen molar-refractivity contribution in [2.75, 3.05) is 23.7 Å². The predicted molar refractivity (Wildman–Crippen MR) is 117 cm³/mol. The number of nitrogens with zero attached hydrogens (tertiary/aromatic N) is 1. The Morgan fingerprint density at radius 3 is 2.25 bits per heavy atom. The summed E-state index contributed by atoms with van der Waals surface area (Å²) in [5.41, 5.74) is 1.53. The van der Waals surface area contributed by atoms with E-state index in [4.69, 9.17) is 4.42 Å². The molecule has 0 radical (unpaired) electrons. The maximum Gasteiger partial charge on any atom is 0.291 e. The molecule has 0 saturated carbocycles. The van der Waals surface area contributed by atoms with E-state index < -0.39 is 0 Å². The van der Waals surface area contributed by atoms with E-state index in [9.17, 15) is 18.8 Å². The van der Waals surface area contributed by atoms with E-state index in [1.807, 2.05) is 0 Å². The zero-order valence-corrected chi connectivity index (χ0v) is 17.2. The fourth-order valence-corrected chi connectivity index (χ4v) is 3.64. The Labute approximate surface area is 184 Å². The molecule has 1 saturated heterocycles. The first kappa shape index (κ1) is 21.3. The summed E-state index contributed by atoms with van der Waals surface area (Å²) in [6.07, 6.45) is 2.49.